The van der Waals surface area contributed by atoms with Gasteiger partial charge < -0.3 is 0 Å². The fraction of sp³-hybridized carbons (Fsp3) is 0.526. The molecule has 0 amide bonds. The van der Waals surface area contributed by atoms with Crippen LogP contribution in [0.4, 0.5) is 0 Å². The van der Waals surface area contributed by atoms with Crippen LogP contribution in [-0.4, -0.2) is 5.78 Å². The van der Waals surface area contributed by atoms with Crippen LogP contribution in [0.1, 0.15) is 55.7 Å². The van der Waals surface area contributed by atoms with E-state index in [2.05, 4.69) is 31.2 Å². The molecular weight excluding hydrogens is 244 g/mol. The van der Waals surface area contributed by atoms with E-state index in [9.17, 15) is 4.79 Å². The van der Waals surface area contributed by atoms with Crippen molar-refractivity contribution in [2.75, 3.05) is 0 Å². The number of Topliss-reactive ketones (excluding diaryl/α,β-unsaturated/α-hetero) is 1. The summed E-state index contributed by atoms with van der Waals surface area (Å²) in [6.45, 7) is 2.22. The molecule has 1 nitrogen and oxygen atoms in total. The predicted octanol–water partition coefficient (Wildman–Crippen LogP) is 4.13. The lowest BCUT2D eigenvalue weighted by Crippen LogP contribution is -2.39. The second-order valence-electron chi connectivity index (χ2n) is 6.92. The van der Waals surface area contributed by atoms with Gasteiger partial charge in [-0.3, -0.25) is 4.79 Å². The van der Waals surface area contributed by atoms with Gasteiger partial charge in [-0.05, 0) is 48.3 Å². The van der Waals surface area contributed by atoms with Crippen molar-refractivity contribution in [1.82, 2.24) is 0 Å². The van der Waals surface area contributed by atoms with Gasteiger partial charge in [0.2, 0.25) is 0 Å². The maximum Gasteiger partial charge on any atom is 0.138 e. The second kappa shape index (κ2) is 4.31. The van der Waals surface area contributed by atoms with Crippen LogP contribution in [0.15, 0.2) is 29.8 Å². The number of rotatable bonds is 2. The highest BCUT2D eigenvalue weighted by Gasteiger charge is 2.51. The van der Waals surface area contributed by atoms with Crippen molar-refractivity contribution in [1.29, 1.82) is 0 Å². The quantitative estimate of drug-likeness (QED) is 0.735. The van der Waals surface area contributed by atoms with Gasteiger partial charge in [0.15, 0.2) is 0 Å². The molecule has 1 aromatic carbocycles. The topological polar surface area (TPSA) is 17.1 Å². The lowest BCUT2D eigenvalue weighted by Gasteiger charge is -2.41. The summed E-state index contributed by atoms with van der Waals surface area (Å²) in [5, 5.41) is 0. The molecule has 2 unspecified atom stereocenters. The van der Waals surface area contributed by atoms with E-state index >= 15 is 0 Å². The highest BCUT2D eigenvalue weighted by atomic mass is 16.1. The summed E-state index contributed by atoms with van der Waals surface area (Å²) in [5.41, 5.74) is 6.11. The predicted molar refractivity (Wildman–Crippen MR) is 80.9 cm³/mol. The monoisotopic (exact) mass is 266 g/mol. The highest BCUT2D eigenvalue weighted by molar-refractivity contribution is 5.86. The van der Waals surface area contributed by atoms with Gasteiger partial charge >= 0.3 is 0 Å². The average Bonchev–Trinajstić information content (AvgIpc) is 3.01. The fourth-order valence-electron chi connectivity index (χ4n) is 4.95. The number of allylic oxidation sites excluding steroid dienone is 2. The fourth-order valence-corrected chi connectivity index (χ4v) is 4.95. The third kappa shape index (κ3) is 1.58. The molecule has 3 aliphatic rings. The summed E-state index contributed by atoms with van der Waals surface area (Å²) >= 11 is 0. The van der Waals surface area contributed by atoms with E-state index in [-0.39, 0.29) is 5.41 Å². The average molecular weight is 266 g/mol. The number of carbonyl (C=O) groups excluding carboxylic acids is 1. The molecule has 2 atom stereocenters. The Kier molecular flexibility index (Phi) is 2.67. The van der Waals surface area contributed by atoms with Crippen molar-refractivity contribution < 1.29 is 4.79 Å². The van der Waals surface area contributed by atoms with Crippen LogP contribution in [0.5, 0.6) is 0 Å². The van der Waals surface area contributed by atoms with Gasteiger partial charge in [0, 0.05) is 18.3 Å². The van der Waals surface area contributed by atoms with Crippen LogP contribution in [0, 0.1) is 5.92 Å². The number of aryl methyl sites for hydroxylation is 1. The van der Waals surface area contributed by atoms with E-state index in [0.29, 0.717) is 18.1 Å². The summed E-state index contributed by atoms with van der Waals surface area (Å²) in [5.74, 6) is 1.16. The molecule has 0 saturated heterocycles. The Hall–Kier alpha value is -1.37. The van der Waals surface area contributed by atoms with Gasteiger partial charge in [-0.25, -0.2) is 0 Å². The van der Waals surface area contributed by atoms with Crippen molar-refractivity contribution in [2.45, 2.75) is 57.3 Å². The molecule has 3 aliphatic carbocycles. The van der Waals surface area contributed by atoms with Crippen LogP contribution in [0.25, 0.3) is 0 Å². The first-order valence-corrected chi connectivity index (χ1v) is 8.04. The van der Waals surface area contributed by atoms with E-state index in [1.165, 1.54) is 29.5 Å². The first-order valence-electron chi connectivity index (χ1n) is 8.04. The van der Waals surface area contributed by atoms with E-state index in [1.54, 1.807) is 5.57 Å². The Bertz CT molecular complexity index is 610. The van der Waals surface area contributed by atoms with E-state index in [1.807, 2.05) is 0 Å². The smallest absolute Gasteiger partial charge is 0.138 e. The normalized spacial score (nSPS) is 30.8. The molecular formula is C19H22O. The maximum atomic E-state index is 12.4. The SMILES string of the molecule is CCCc1cccc2c1CC(=O)CC21CC2=CCC1C2. The zero-order valence-corrected chi connectivity index (χ0v) is 12.2. The minimum atomic E-state index is 0.165. The van der Waals surface area contributed by atoms with E-state index in [4.69, 9.17) is 0 Å². The largest absolute Gasteiger partial charge is 0.299 e. The molecule has 0 aromatic heterocycles. The maximum absolute atomic E-state index is 12.4. The van der Waals surface area contributed by atoms with Gasteiger partial charge in [0.25, 0.3) is 0 Å². The van der Waals surface area contributed by atoms with Crippen LogP contribution < -0.4 is 0 Å². The molecule has 104 valence electrons. The zero-order valence-electron chi connectivity index (χ0n) is 12.2. The Labute approximate surface area is 121 Å². The number of benzene rings is 1. The molecule has 0 heterocycles. The number of carbonyl (C=O) groups is 1. The summed E-state index contributed by atoms with van der Waals surface area (Å²) in [4.78, 5) is 12.4. The van der Waals surface area contributed by atoms with Crippen molar-refractivity contribution in [3.63, 3.8) is 0 Å². The molecule has 1 heteroatoms. The molecule has 0 aliphatic heterocycles. The molecule has 20 heavy (non-hydrogen) atoms. The number of ketones is 1. The van der Waals surface area contributed by atoms with Gasteiger partial charge in [-0.1, -0.05) is 43.2 Å². The van der Waals surface area contributed by atoms with Gasteiger partial charge in [0.1, 0.15) is 5.78 Å². The lowest BCUT2D eigenvalue weighted by molar-refractivity contribution is -0.120. The Morgan fingerprint density at radius 3 is 2.90 bits per heavy atom. The Morgan fingerprint density at radius 1 is 1.30 bits per heavy atom. The van der Waals surface area contributed by atoms with Gasteiger partial charge in [-0.15, -0.1) is 0 Å². The van der Waals surface area contributed by atoms with Crippen LogP contribution in [0.3, 0.4) is 0 Å². The Morgan fingerprint density at radius 2 is 2.20 bits per heavy atom. The Balaban J connectivity index is 1.88. The first-order chi connectivity index (χ1) is 9.73. The van der Waals surface area contributed by atoms with Crippen molar-refractivity contribution >= 4 is 5.78 Å². The third-order valence-electron chi connectivity index (χ3n) is 5.74. The summed E-state index contributed by atoms with van der Waals surface area (Å²) in [6, 6.07) is 6.78. The molecule has 1 fully saturated rings. The minimum Gasteiger partial charge on any atom is -0.299 e. The van der Waals surface area contributed by atoms with Crippen molar-refractivity contribution in [3.05, 3.63) is 46.5 Å². The second-order valence-corrected chi connectivity index (χ2v) is 6.92. The molecule has 1 aromatic rings. The molecule has 4 rings (SSSR count). The van der Waals surface area contributed by atoms with Crippen LogP contribution in [-0.2, 0) is 23.1 Å². The standard InChI is InChI=1S/C19H22O/c1-2-4-14-5-3-6-18-17(14)10-16(20)12-19(18)11-13-7-8-15(19)9-13/h3,5-7,15H,2,4,8-12H2,1H3. The van der Waals surface area contributed by atoms with Crippen LogP contribution >= 0.6 is 0 Å². The van der Waals surface area contributed by atoms with Gasteiger partial charge in [-0.2, -0.15) is 0 Å². The lowest BCUT2D eigenvalue weighted by atomic mass is 9.61. The molecule has 1 spiro atoms. The van der Waals surface area contributed by atoms with Crippen molar-refractivity contribution in [2.24, 2.45) is 5.92 Å². The minimum absolute atomic E-state index is 0.165. The summed E-state index contributed by atoms with van der Waals surface area (Å²) in [6.07, 6.45) is 9.74. The summed E-state index contributed by atoms with van der Waals surface area (Å²) in [7, 11) is 0. The molecule has 0 radical (unpaired) electrons. The van der Waals surface area contributed by atoms with Gasteiger partial charge in [0.05, 0.1) is 0 Å². The highest BCUT2D eigenvalue weighted by Crippen LogP contribution is 2.58. The van der Waals surface area contributed by atoms with Crippen LogP contribution in [0.2, 0.25) is 0 Å². The van der Waals surface area contributed by atoms with E-state index in [0.717, 1.165) is 25.7 Å². The number of hydrogen-bond donors (Lipinski definition) is 0. The molecule has 1 saturated carbocycles. The van der Waals surface area contributed by atoms with E-state index < -0.39 is 0 Å². The number of hydrogen-bond acceptors (Lipinski definition) is 1. The first kappa shape index (κ1) is 12.4. The van der Waals surface area contributed by atoms with Crippen molar-refractivity contribution in [3.8, 4) is 0 Å². The summed E-state index contributed by atoms with van der Waals surface area (Å²) < 4.78 is 0. The zero-order chi connectivity index (χ0) is 13.7. The molecule has 2 bridgehead atoms. The molecule has 0 N–H and O–H groups in total. The number of fused-ring (bicyclic) bond motifs is 5. The third-order valence-corrected chi connectivity index (χ3v) is 5.74.